The van der Waals surface area contributed by atoms with Crippen LogP contribution in [0.4, 0.5) is 0 Å². The topological polar surface area (TPSA) is 66.4 Å². The predicted octanol–water partition coefficient (Wildman–Crippen LogP) is 2.81. The largest absolute Gasteiger partial charge is 0.392 e. The van der Waals surface area contributed by atoms with Crippen LogP contribution in [0.3, 0.4) is 0 Å². The summed E-state index contributed by atoms with van der Waals surface area (Å²) in [5.41, 5.74) is 1.48. The van der Waals surface area contributed by atoms with Crippen molar-refractivity contribution in [3.8, 4) is 0 Å². The zero-order valence-corrected chi connectivity index (χ0v) is 13.5. The van der Waals surface area contributed by atoms with Crippen LogP contribution in [0.2, 0.25) is 0 Å². The van der Waals surface area contributed by atoms with E-state index >= 15 is 0 Å². The molecule has 2 N–H and O–H groups in total. The molecule has 0 bridgehead atoms. The van der Waals surface area contributed by atoms with E-state index in [-0.39, 0.29) is 18.4 Å². The van der Waals surface area contributed by atoms with E-state index in [1.54, 1.807) is 35.6 Å². The van der Waals surface area contributed by atoms with Gasteiger partial charge in [-0.05, 0) is 29.0 Å². The summed E-state index contributed by atoms with van der Waals surface area (Å²) in [5, 5.41) is 10.9. The van der Waals surface area contributed by atoms with Gasteiger partial charge in [0, 0.05) is 4.88 Å². The minimum atomic E-state index is -3.40. The molecule has 114 valence electrons. The number of hydrogen-bond donors (Lipinski definition) is 2. The number of aliphatic hydroxyl groups excluding tert-OH is 1. The maximum atomic E-state index is 12.3. The maximum Gasteiger partial charge on any atom is 0.216 e. The lowest BCUT2D eigenvalue weighted by Crippen LogP contribution is -2.29. The van der Waals surface area contributed by atoms with E-state index in [1.165, 1.54) is 0 Å². The van der Waals surface area contributed by atoms with Crippen LogP contribution in [-0.4, -0.2) is 13.5 Å². The normalized spacial score (nSPS) is 13.2. The Morgan fingerprint density at radius 1 is 1.19 bits per heavy atom. The van der Waals surface area contributed by atoms with Crippen LogP contribution >= 0.6 is 11.3 Å². The first-order chi connectivity index (χ1) is 10.0. The molecule has 1 aromatic carbocycles. The van der Waals surface area contributed by atoms with Crippen LogP contribution in [-0.2, 0) is 22.4 Å². The molecule has 0 aliphatic rings. The van der Waals surface area contributed by atoms with Crippen molar-refractivity contribution in [2.75, 3.05) is 0 Å². The summed E-state index contributed by atoms with van der Waals surface area (Å²) >= 11 is 1.55. The van der Waals surface area contributed by atoms with Gasteiger partial charge < -0.3 is 5.11 Å². The third-order valence-electron chi connectivity index (χ3n) is 3.18. The Morgan fingerprint density at radius 2 is 1.86 bits per heavy atom. The Hall–Kier alpha value is -1.21. The first kappa shape index (κ1) is 16.2. The van der Waals surface area contributed by atoms with Crippen LogP contribution in [0, 0.1) is 0 Å². The molecule has 0 aliphatic heterocycles. The highest BCUT2D eigenvalue weighted by atomic mass is 32.2. The summed E-state index contributed by atoms with van der Waals surface area (Å²) in [6, 6.07) is 10.6. The van der Waals surface area contributed by atoms with Crippen molar-refractivity contribution in [3.63, 3.8) is 0 Å². The third kappa shape index (κ3) is 4.64. The molecule has 0 aliphatic carbocycles. The smallest absolute Gasteiger partial charge is 0.216 e. The van der Waals surface area contributed by atoms with E-state index in [1.807, 2.05) is 24.4 Å². The minimum absolute atomic E-state index is 0.0401. The fourth-order valence-electron chi connectivity index (χ4n) is 2.05. The Kier molecular flexibility index (Phi) is 5.52. The minimum Gasteiger partial charge on any atom is -0.392 e. The van der Waals surface area contributed by atoms with Gasteiger partial charge in [-0.25, -0.2) is 13.1 Å². The average Bonchev–Trinajstić information content (AvgIpc) is 2.99. The molecule has 1 unspecified atom stereocenters. The van der Waals surface area contributed by atoms with Gasteiger partial charge in [0.05, 0.1) is 18.4 Å². The van der Waals surface area contributed by atoms with Gasteiger partial charge in [-0.3, -0.25) is 0 Å². The highest BCUT2D eigenvalue weighted by molar-refractivity contribution is 7.88. The molecular formula is C15H19NO3S2. The molecule has 0 saturated carbocycles. The molecule has 0 fully saturated rings. The van der Waals surface area contributed by atoms with Gasteiger partial charge in [0.25, 0.3) is 0 Å². The van der Waals surface area contributed by atoms with Crippen molar-refractivity contribution in [2.24, 2.45) is 0 Å². The summed E-state index contributed by atoms with van der Waals surface area (Å²) in [6.45, 7) is 1.92. The lowest BCUT2D eigenvalue weighted by molar-refractivity contribution is 0.282. The predicted molar refractivity (Wildman–Crippen MR) is 85.5 cm³/mol. The highest BCUT2D eigenvalue weighted by Crippen LogP contribution is 2.23. The second-order valence-corrected chi connectivity index (χ2v) is 7.56. The zero-order valence-electron chi connectivity index (χ0n) is 11.8. The molecule has 21 heavy (non-hydrogen) atoms. The molecule has 4 nitrogen and oxygen atoms in total. The number of aliphatic hydroxyl groups is 1. The van der Waals surface area contributed by atoms with E-state index in [4.69, 9.17) is 5.11 Å². The maximum absolute atomic E-state index is 12.3. The van der Waals surface area contributed by atoms with Crippen molar-refractivity contribution in [1.29, 1.82) is 0 Å². The quantitative estimate of drug-likeness (QED) is 0.822. The number of rotatable bonds is 7. The summed E-state index contributed by atoms with van der Waals surface area (Å²) in [5.74, 6) is -0.0550. The molecule has 0 spiro atoms. The Bertz CT molecular complexity index is 649. The van der Waals surface area contributed by atoms with E-state index < -0.39 is 10.0 Å². The van der Waals surface area contributed by atoms with E-state index in [2.05, 4.69) is 4.72 Å². The molecular weight excluding hydrogens is 306 g/mol. The second kappa shape index (κ2) is 7.17. The zero-order chi connectivity index (χ0) is 15.3. The third-order valence-corrected chi connectivity index (χ3v) is 5.52. The molecule has 1 heterocycles. The monoisotopic (exact) mass is 325 g/mol. The summed E-state index contributed by atoms with van der Waals surface area (Å²) < 4.78 is 27.3. The Labute approximate surface area is 129 Å². The van der Waals surface area contributed by atoms with E-state index in [9.17, 15) is 8.42 Å². The first-order valence-electron chi connectivity index (χ1n) is 6.76. The average molecular weight is 325 g/mol. The molecule has 0 saturated heterocycles. The van der Waals surface area contributed by atoms with Gasteiger partial charge in [0.2, 0.25) is 10.0 Å². The van der Waals surface area contributed by atoms with E-state index in [0.717, 1.165) is 10.4 Å². The molecule has 2 aromatic rings. The van der Waals surface area contributed by atoms with Crippen molar-refractivity contribution < 1.29 is 13.5 Å². The number of benzene rings is 1. The molecule has 1 aromatic heterocycles. The fourth-order valence-corrected chi connectivity index (χ4v) is 4.43. The van der Waals surface area contributed by atoms with Gasteiger partial charge >= 0.3 is 0 Å². The number of hydrogen-bond acceptors (Lipinski definition) is 4. The van der Waals surface area contributed by atoms with Crippen molar-refractivity contribution in [1.82, 2.24) is 4.72 Å². The van der Waals surface area contributed by atoms with Gasteiger partial charge in [-0.2, -0.15) is 0 Å². The molecule has 1 atom stereocenters. The number of nitrogens with one attached hydrogen (secondary N) is 1. The highest BCUT2D eigenvalue weighted by Gasteiger charge is 2.19. The Balaban J connectivity index is 2.06. The Morgan fingerprint density at radius 3 is 2.38 bits per heavy atom. The van der Waals surface area contributed by atoms with Gasteiger partial charge in [-0.1, -0.05) is 37.3 Å². The fraction of sp³-hybridized carbons (Fsp3) is 0.333. The second-order valence-electron chi connectivity index (χ2n) is 4.83. The van der Waals surface area contributed by atoms with Crippen LogP contribution in [0.1, 0.15) is 35.4 Å². The summed E-state index contributed by atoms with van der Waals surface area (Å²) in [6.07, 6.45) is 0.712. The van der Waals surface area contributed by atoms with Crippen LogP contribution in [0.25, 0.3) is 0 Å². The summed E-state index contributed by atoms with van der Waals surface area (Å²) in [4.78, 5) is 1.02. The molecule has 6 heteroatoms. The van der Waals surface area contributed by atoms with Crippen LogP contribution in [0.15, 0.2) is 41.8 Å². The molecule has 0 radical (unpaired) electrons. The molecule has 0 amide bonds. The first-order valence-corrected chi connectivity index (χ1v) is 9.29. The van der Waals surface area contributed by atoms with Gasteiger partial charge in [0.15, 0.2) is 0 Å². The van der Waals surface area contributed by atoms with Gasteiger partial charge in [-0.15, -0.1) is 11.3 Å². The van der Waals surface area contributed by atoms with Crippen molar-refractivity contribution in [2.45, 2.75) is 31.7 Å². The van der Waals surface area contributed by atoms with Gasteiger partial charge in [0.1, 0.15) is 0 Å². The molecule has 2 rings (SSSR count). The standard InChI is InChI=1S/C15H19NO3S2/c1-2-14(15-4-3-9-20-15)16-21(18,19)11-13-7-5-12(10-17)6-8-13/h3-9,14,16-17H,2,10-11H2,1H3. The lowest BCUT2D eigenvalue weighted by atomic mass is 10.2. The van der Waals surface area contributed by atoms with Crippen molar-refractivity contribution in [3.05, 3.63) is 57.8 Å². The number of thiophene rings is 1. The van der Waals surface area contributed by atoms with Crippen LogP contribution < -0.4 is 4.72 Å². The van der Waals surface area contributed by atoms with E-state index in [0.29, 0.717) is 12.0 Å². The lowest BCUT2D eigenvalue weighted by Gasteiger charge is -2.15. The van der Waals surface area contributed by atoms with Crippen molar-refractivity contribution >= 4 is 21.4 Å². The number of sulfonamides is 1. The SMILES string of the molecule is CCC(NS(=O)(=O)Cc1ccc(CO)cc1)c1cccs1. The van der Waals surface area contributed by atoms with Crippen LogP contribution in [0.5, 0.6) is 0 Å². The summed E-state index contributed by atoms with van der Waals surface area (Å²) in [7, 11) is -3.40.